The molecule has 1 fully saturated rings. The van der Waals surface area contributed by atoms with Gasteiger partial charge < -0.3 is 0 Å². The Bertz CT molecular complexity index is 1170. The topological polar surface area (TPSA) is 42.9 Å². The maximum absolute atomic E-state index is 13.2. The first kappa shape index (κ1) is 18.2. The second-order valence-electron chi connectivity index (χ2n) is 8.54. The van der Waals surface area contributed by atoms with Gasteiger partial charge in [-0.25, -0.2) is 0 Å². The van der Waals surface area contributed by atoms with Crippen LogP contribution < -0.4 is 0 Å². The lowest BCUT2D eigenvalue weighted by atomic mass is 9.53. The van der Waals surface area contributed by atoms with Crippen LogP contribution in [-0.2, 0) is 10.2 Å². The number of carbonyl (C=O) groups is 1. The second-order valence-corrected chi connectivity index (χ2v) is 8.54. The van der Waals surface area contributed by atoms with Crippen molar-refractivity contribution in [3.8, 4) is 11.3 Å². The van der Waals surface area contributed by atoms with Gasteiger partial charge in [0.05, 0.1) is 16.8 Å². The molecular formula is C28H22N2O. The van der Waals surface area contributed by atoms with E-state index in [2.05, 4.69) is 72.8 Å². The molecule has 0 N–H and O–H groups in total. The van der Waals surface area contributed by atoms with Gasteiger partial charge >= 0.3 is 0 Å². The quantitative estimate of drug-likeness (QED) is 0.434. The third-order valence-corrected chi connectivity index (χ3v) is 7.08. The fourth-order valence-electron chi connectivity index (χ4n) is 5.96. The molecule has 4 aromatic rings. The van der Waals surface area contributed by atoms with E-state index in [9.17, 15) is 4.79 Å². The lowest BCUT2D eigenvalue weighted by molar-refractivity contribution is -0.122. The van der Waals surface area contributed by atoms with Gasteiger partial charge in [-0.3, -0.25) is 14.8 Å². The SMILES string of the molecule is O=C1C[C@H](c2ccccc2)C2(c3ccccc3-c3nccnc32)[C@@H](c2ccccc2)C1. The zero-order valence-electron chi connectivity index (χ0n) is 17.1. The summed E-state index contributed by atoms with van der Waals surface area (Å²) in [5, 5.41) is 0. The molecule has 2 aliphatic carbocycles. The van der Waals surface area contributed by atoms with Gasteiger partial charge in [-0.1, -0.05) is 84.9 Å². The molecular weight excluding hydrogens is 380 g/mol. The van der Waals surface area contributed by atoms with Gasteiger partial charge in [0.15, 0.2) is 0 Å². The summed E-state index contributed by atoms with van der Waals surface area (Å²) in [5.41, 5.74) is 6.28. The van der Waals surface area contributed by atoms with Gasteiger partial charge in [-0.15, -0.1) is 0 Å². The Balaban J connectivity index is 1.73. The molecule has 0 amide bonds. The Kier molecular flexibility index (Phi) is 4.10. The fourth-order valence-corrected chi connectivity index (χ4v) is 5.96. The van der Waals surface area contributed by atoms with Crippen LogP contribution in [0.5, 0.6) is 0 Å². The van der Waals surface area contributed by atoms with Gasteiger partial charge in [-0.05, 0) is 16.7 Å². The summed E-state index contributed by atoms with van der Waals surface area (Å²) in [6.45, 7) is 0. The molecule has 1 saturated carbocycles. The van der Waals surface area contributed by atoms with Gasteiger partial charge in [0.2, 0.25) is 0 Å². The van der Waals surface area contributed by atoms with Crippen LogP contribution in [0, 0.1) is 0 Å². The number of aromatic nitrogens is 2. The number of benzene rings is 3. The first-order chi connectivity index (χ1) is 15.3. The maximum atomic E-state index is 13.2. The Morgan fingerprint density at radius 2 is 1.23 bits per heavy atom. The average molecular weight is 402 g/mol. The van der Waals surface area contributed by atoms with Gasteiger partial charge in [0, 0.05) is 42.6 Å². The Hall–Kier alpha value is -3.59. The molecule has 150 valence electrons. The predicted octanol–water partition coefficient (Wildman–Crippen LogP) is 5.67. The Morgan fingerprint density at radius 3 is 1.87 bits per heavy atom. The molecule has 0 radical (unpaired) electrons. The molecule has 3 nitrogen and oxygen atoms in total. The highest BCUT2D eigenvalue weighted by molar-refractivity contribution is 5.87. The first-order valence-corrected chi connectivity index (χ1v) is 10.8. The van der Waals surface area contributed by atoms with E-state index in [0.717, 1.165) is 17.0 Å². The van der Waals surface area contributed by atoms with Crippen molar-refractivity contribution in [2.45, 2.75) is 30.1 Å². The molecule has 0 saturated heterocycles. The van der Waals surface area contributed by atoms with E-state index in [0.29, 0.717) is 18.6 Å². The standard InChI is InChI=1S/C28H22N2O/c31-21-17-24(19-9-3-1-4-10-19)28(25(18-21)20-11-5-2-6-12-20)23-14-8-7-13-22(23)26-27(28)30-16-15-29-26/h1-16,24-25H,17-18H2/t24-,25-/m1/s1. The summed E-state index contributed by atoms with van der Waals surface area (Å²) >= 11 is 0. The Labute approximate surface area is 181 Å². The summed E-state index contributed by atoms with van der Waals surface area (Å²) in [7, 11) is 0. The lowest BCUT2D eigenvalue weighted by Crippen LogP contribution is -2.45. The summed E-state index contributed by atoms with van der Waals surface area (Å²) in [4.78, 5) is 22.9. The second kappa shape index (κ2) is 6.98. The van der Waals surface area contributed by atoms with E-state index < -0.39 is 5.41 Å². The molecule has 0 bridgehead atoms. The molecule has 1 spiro atoms. The minimum absolute atomic E-state index is 0.000689. The van der Waals surface area contributed by atoms with Crippen molar-refractivity contribution in [1.29, 1.82) is 0 Å². The van der Waals surface area contributed by atoms with Gasteiger partial charge in [0.25, 0.3) is 0 Å². The molecule has 2 aliphatic rings. The van der Waals surface area contributed by atoms with Gasteiger partial charge in [0.1, 0.15) is 5.78 Å². The van der Waals surface area contributed by atoms with Crippen molar-refractivity contribution in [2.75, 3.05) is 0 Å². The molecule has 0 unspecified atom stereocenters. The summed E-state index contributed by atoms with van der Waals surface area (Å²) < 4.78 is 0. The van der Waals surface area contributed by atoms with Crippen LogP contribution in [0.15, 0.2) is 97.3 Å². The molecule has 1 heterocycles. The van der Waals surface area contributed by atoms with E-state index in [4.69, 9.17) is 9.97 Å². The predicted molar refractivity (Wildman–Crippen MR) is 121 cm³/mol. The van der Waals surface area contributed by atoms with Crippen molar-refractivity contribution < 1.29 is 4.79 Å². The van der Waals surface area contributed by atoms with Crippen LogP contribution in [0.1, 0.15) is 47.1 Å². The number of Topliss-reactive ketones (excluding diaryl/α,β-unsaturated/α-hetero) is 1. The molecule has 2 atom stereocenters. The highest BCUT2D eigenvalue weighted by Crippen LogP contribution is 2.64. The normalized spacial score (nSPS) is 21.0. The number of ketones is 1. The Morgan fingerprint density at radius 1 is 0.677 bits per heavy atom. The highest BCUT2D eigenvalue weighted by atomic mass is 16.1. The van der Waals surface area contributed by atoms with Gasteiger partial charge in [-0.2, -0.15) is 0 Å². The zero-order valence-corrected chi connectivity index (χ0v) is 17.1. The van der Waals surface area contributed by atoms with Crippen LogP contribution in [0.2, 0.25) is 0 Å². The molecule has 6 rings (SSSR count). The number of nitrogens with zero attached hydrogens (tertiary/aromatic N) is 2. The van der Waals surface area contributed by atoms with E-state index in [1.165, 1.54) is 16.7 Å². The van der Waals surface area contributed by atoms with E-state index in [-0.39, 0.29) is 11.8 Å². The maximum Gasteiger partial charge on any atom is 0.134 e. The largest absolute Gasteiger partial charge is 0.300 e. The van der Waals surface area contributed by atoms with Crippen molar-refractivity contribution in [1.82, 2.24) is 9.97 Å². The number of hydrogen-bond donors (Lipinski definition) is 0. The number of fused-ring (bicyclic) bond motifs is 5. The third-order valence-electron chi connectivity index (χ3n) is 7.08. The number of hydrogen-bond acceptors (Lipinski definition) is 3. The van der Waals surface area contributed by atoms with Crippen LogP contribution in [0.3, 0.4) is 0 Å². The van der Waals surface area contributed by atoms with Crippen molar-refractivity contribution >= 4 is 5.78 Å². The molecule has 0 aliphatic heterocycles. The molecule has 3 aromatic carbocycles. The van der Waals surface area contributed by atoms with Crippen molar-refractivity contribution in [3.05, 3.63) is 120 Å². The minimum atomic E-state index is -0.434. The monoisotopic (exact) mass is 402 g/mol. The molecule has 31 heavy (non-hydrogen) atoms. The minimum Gasteiger partial charge on any atom is -0.300 e. The lowest BCUT2D eigenvalue weighted by Gasteiger charge is -2.48. The van der Waals surface area contributed by atoms with Crippen LogP contribution in [0.4, 0.5) is 0 Å². The van der Waals surface area contributed by atoms with Crippen molar-refractivity contribution in [2.24, 2.45) is 0 Å². The van der Waals surface area contributed by atoms with Crippen LogP contribution >= 0.6 is 0 Å². The van der Waals surface area contributed by atoms with E-state index in [1.54, 1.807) is 12.4 Å². The number of carbonyl (C=O) groups excluding carboxylic acids is 1. The smallest absolute Gasteiger partial charge is 0.134 e. The molecule has 3 heteroatoms. The van der Waals surface area contributed by atoms with E-state index in [1.807, 2.05) is 12.1 Å². The first-order valence-electron chi connectivity index (χ1n) is 10.8. The number of rotatable bonds is 2. The van der Waals surface area contributed by atoms with Crippen LogP contribution in [-0.4, -0.2) is 15.8 Å². The van der Waals surface area contributed by atoms with E-state index >= 15 is 0 Å². The third kappa shape index (κ3) is 2.56. The summed E-state index contributed by atoms with van der Waals surface area (Å²) in [6, 6.07) is 29.5. The fraction of sp³-hybridized carbons (Fsp3) is 0.179. The van der Waals surface area contributed by atoms with Crippen LogP contribution in [0.25, 0.3) is 11.3 Å². The zero-order chi connectivity index (χ0) is 20.8. The summed E-state index contributed by atoms with van der Waals surface area (Å²) in [6.07, 6.45) is 4.60. The highest BCUT2D eigenvalue weighted by Gasteiger charge is 2.58. The summed E-state index contributed by atoms with van der Waals surface area (Å²) in [5.74, 6) is 0.307. The average Bonchev–Trinajstić information content (AvgIpc) is 3.13. The molecule has 1 aromatic heterocycles. The van der Waals surface area contributed by atoms with Crippen molar-refractivity contribution in [3.63, 3.8) is 0 Å².